The third-order valence-electron chi connectivity index (χ3n) is 3.84. The summed E-state index contributed by atoms with van der Waals surface area (Å²) in [5.41, 5.74) is 2.37. The molecule has 1 aliphatic carbocycles. The van der Waals surface area contributed by atoms with Gasteiger partial charge in [0.05, 0.1) is 0 Å². The number of benzene rings is 3. The zero-order chi connectivity index (χ0) is 13.0. The van der Waals surface area contributed by atoms with Crippen LogP contribution in [0.1, 0.15) is 11.1 Å². The summed E-state index contributed by atoms with van der Waals surface area (Å²) >= 11 is 0. The predicted molar refractivity (Wildman–Crippen MR) is 77.5 cm³/mol. The topological polar surface area (TPSA) is 40.5 Å². The Kier molecular flexibility index (Phi) is 1.93. The van der Waals surface area contributed by atoms with Gasteiger partial charge in [-0.25, -0.2) is 0 Å². The molecule has 0 atom stereocenters. The van der Waals surface area contributed by atoms with Gasteiger partial charge >= 0.3 is 0 Å². The molecule has 3 aromatic carbocycles. The minimum absolute atomic E-state index is 0.245. The normalized spacial score (nSPS) is 13.3. The third kappa shape index (κ3) is 1.37. The van der Waals surface area contributed by atoms with Gasteiger partial charge in [-0.2, -0.15) is 0 Å². The molecule has 3 aromatic rings. The van der Waals surface area contributed by atoms with Crippen molar-refractivity contribution in [2.24, 2.45) is 0 Å². The van der Waals surface area contributed by atoms with Crippen molar-refractivity contribution in [3.63, 3.8) is 0 Å². The van der Waals surface area contributed by atoms with Gasteiger partial charge in [0.1, 0.15) is 11.5 Å². The molecule has 4 rings (SSSR count). The molecule has 0 amide bonds. The van der Waals surface area contributed by atoms with Crippen LogP contribution in [0.3, 0.4) is 0 Å². The summed E-state index contributed by atoms with van der Waals surface area (Å²) in [5.74, 6) is 0.547. The minimum Gasteiger partial charge on any atom is -0.508 e. The molecule has 0 bridgehead atoms. The Morgan fingerprint density at radius 3 is 2.63 bits per heavy atom. The Hall–Kier alpha value is -2.48. The highest BCUT2D eigenvalue weighted by Crippen LogP contribution is 2.39. The van der Waals surface area contributed by atoms with Crippen molar-refractivity contribution in [2.45, 2.75) is 6.42 Å². The Labute approximate surface area is 110 Å². The molecule has 0 spiro atoms. The zero-order valence-electron chi connectivity index (χ0n) is 10.2. The Bertz CT molecular complexity index is 860. The van der Waals surface area contributed by atoms with E-state index < -0.39 is 0 Å². The first-order chi connectivity index (χ1) is 9.24. The van der Waals surface area contributed by atoms with Crippen LogP contribution in [-0.2, 0) is 6.42 Å². The number of hydrogen-bond donors (Lipinski definition) is 2. The first kappa shape index (κ1) is 10.4. The van der Waals surface area contributed by atoms with E-state index in [4.69, 9.17) is 0 Å². The van der Waals surface area contributed by atoms with Gasteiger partial charge in [0.15, 0.2) is 0 Å². The molecule has 19 heavy (non-hydrogen) atoms. The maximum absolute atomic E-state index is 10.3. The highest BCUT2D eigenvalue weighted by atomic mass is 16.3. The zero-order valence-corrected chi connectivity index (χ0v) is 10.2. The lowest BCUT2D eigenvalue weighted by Crippen LogP contribution is -1.87. The second-order valence-corrected chi connectivity index (χ2v) is 4.96. The van der Waals surface area contributed by atoms with Crippen molar-refractivity contribution in [2.75, 3.05) is 0 Å². The molecular weight excluding hydrogens is 236 g/mol. The molecule has 0 radical (unpaired) electrons. The van der Waals surface area contributed by atoms with Crippen molar-refractivity contribution in [3.8, 4) is 11.5 Å². The van der Waals surface area contributed by atoms with Crippen LogP contribution in [-0.4, -0.2) is 10.2 Å². The van der Waals surface area contributed by atoms with E-state index in [2.05, 4.69) is 12.2 Å². The number of hydrogen-bond acceptors (Lipinski definition) is 2. The van der Waals surface area contributed by atoms with Gasteiger partial charge in [-0.1, -0.05) is 24.3 Å². The van der Waals surface area contributed by atoms with Crippen LogP contribution >= 0.6 is 0 Å². The first-order valence-corrected chi connectivity index (χ1v) is 6.31. The monoisotopic (exact) mass is 248 g/mol. The van der Waals surface area contributed by atoms with Gasteiger partial charge in [0.25, 0.3) is 0 Å². The number of aromatic hydroxyl groups is 2. The standard InChI is InChI=1S/C17H12O2/c18-12-5-7-14-11(8-12)4-6-15-13-3-1-2-10(13)9-16(19)17(14)15/h1-2,4-9,18-19H,3H2. The molecular formula is C17H12O2. The second kappa shape index (κ2) is 3.51. The lowest BCUT2D eigenvalue weighted by molar-refractivity contribution is 0.476. The molecule has 0 fully saturated rings. The van der Waals surface area contributed by atoms with Crippen molar-refractivity contribution in [3.05, 3.63) is 53.6 Å². The van der Waals surface area contributed by atoms with Crippen LogP contribution in [0, 0.1) is 0 Å². The van der Waals surface area contributed by atoms with E-state index in [9.17, 15) is 10.2 Å². The van der Waals surface area contributed by atoms with Gasteiger partial charge in [-0.15, -0.1) is 0 Å². The van der Waals surface area contributed by atoms with Gasteiger partial charge < -0.3 is 10.2 Å². The van der Waals surface area contributed by atoms with Gasteiger partial charge in [-0.3, -0.25) is 0 Å². The molecule has 0 aliphatic heterocycles. The van der Waals surface area contributed by atoms with Gasteiger partial charge in [0, 0.05) is 5.39 Å². The molecule has 1 aliphatic rings. The quantitative estimate of drug-likeness (QED) is 0.591. The predicted octanol–water partition coefficient (Wildman–Crippen LogP) is 3.97. The van der Waals surface area contributed by atoms with Crippen LogP contribution in [0.2, 0.25) is 0 Å². The van der Waals surface area contributed by atoms with Crippen molar-refractivity contribution < 1.29 is 10.2 Å². The highest BCUT2D eigenvalue weighted by Gasteiger charge is 2.14. The van der Waals surface area contributed by atoms with Gasteiger partial charge in [-0.05, 0) is 58.0 Å². The highest BCUT2D eigenvalue weighted by molar-refractivity contribution is 6.12. The van der Waals surface area contributed by atoms with E-state index in [0.29, 0.717) is 5.75 Å². The molecule has 0 heterocycles. The van der Waals surface area contributed by atoms with Gasteiger partial charge in [0.2, 0.25) is 0 Å². The van der Waals surface area contributed by atoms with E-state index >= 15 is 0 Å². The summed E-state index contributed by atoms with van der Waals surface area (Å²) in [7, 11) is 0. The van der Waals surface area contributed by atoms with E-state index in [-0.39, 0.29) is 5.75 Å². The molecule has 0 unspecified atom stereocenters. The number of phenols is 2. The van der Waals surface area contributed by atoms with E-state index in [0.717, 1.165) is 33.5 Å². The Morgan fingerprint density at radius 1 is 0.895 bits per heavy atom. The molecule has 2 heteroatoms. The van der Waals surface area contributed by atoms with E-state index in [1.807, 2.05) is 24.3 Å². The SMILES string of the molecule is Oc1ccc2c(ccc3c4c(cc(O)c32)C=CC4)c1. The van der Waals surface area contributed by atoms with Crippen LogP contribution in [0.4, 0.5) is 0 Å². The van der Waals surface area contributed by atoms with E-state index in [1.165, 1.54) is 5.56 Å². The molecule has 0 saturated heterocycles. The molecule has 0 saturated carbocycles. The van der Waals surface area contributed by atoms with E-state index in [1.54, 1.807) is 12.1 Å². The average molecular weight is 248 g/mol. The summed E-state index contributed by atoms with van der Waals surface area (Å²) in [6, 6.07) is 11.1. The largest absolute Gasteiger partial charge is 0.508 e. The number of phenolic OH excluding ortho intramolecular Hbond substituents is 2. The maximum atomic E-state index is 10.3. The molecule has 0 aromatic heterocycles. The Morgan fingerprint density at radius 2 is 1.74 bits per heavy atom. The number of rotatable bonds is 0. The fourth-order valence-electron chi connectivity index (χ4n) is 2.99. The summed E-state index contributed by atoms with van der Waals surface area (Å²) in [6.07, 6.45) is 5.08. The molecule has 2 N–H and O–H groups in total. The second-order valence-electron chi connectivity index (χ2n) is 4.96. The van der Waals surface area contributed by atoms with Crippen LogP contribution in [0.25, 0.3) is 27.6 Å². The summed E-state index contributed by atoms with van der Waals surface area (Å²) in [5, 5.41) is 23.7. The average Bonchev–Trinajstić information content (AvgIpc) is 2.86. The smallest absolute Gasteiger partial charge is 0.124 e. The summed E-state index contributed by atoms with van der Waals surface area (Å²) in [4.78, 5) is 0. The number of allylic oxidation sites excluding steroid dienone is 1. The summed E-state index contributed by atoms with van der Waals surface area (Å²) < 4.78 is 0. The Balaban J connectivity index is 2.23. The third-order valence-corrected chi connectivity index (χ3v) is 3.84. The van der Waals surface area contributed by atoms with Crippen molar-refractivity contribution >= 4 is 27.6 Å². The van der Waals surface area contributed by atoms with Crippen LogP contribution in [0.5, 0.6) is 11.5 Å². The fourth-order valence-corrected chi connectivity index (χ4v) is 2.99. The maximum Gasteiger partial charge on any atom is 0.124 e. The van der Waals surface area contributed by atoms with Crippen molar-refractivity contribution in [1.82, 2.24) is 0 Å². The molecule has 92 valence electrons. The fraction of sp³-hybridized carbons (Fsp3) is 0.0588. The summed E-state index contributed by atoms with van der Waals surface area (Å²) in [6.45, 7) is 0. The lowest BCUT2D eigenvalue weighted by atomic mass is 9.95. The van der Waals surface area contributed by atoms with Crippen LogP contribution < -0.4 is 0 Å². The van der Waals surface area contributed by atoms with Crippen LogP contribution in [0.15, 0.2) is 42.5 Å². The number of fused-ring (bicyclic) bond motifs is 5. The van der Waals surface area contributed by atoms with Crippen molar-refractivity contribution in [1.29, 1.82) is 0 Å². The minimum atomic E-state index is 0.245. The lowest BCUT2D eigenvalue weighted by Gasteiger charge is -2.11. The first-order valence-electron chi connectivity index (χ1n) is 6.31. The molecule has 2 nitrogen and oxygen atoms in total.